The Morgan fingerprint density at radius 3 is 1.21 bits per heavy atom. The number of allylic oxidation sites excluding steroid dienone is 12. The third-order valence-electron chi connectivity index (χ3n) is 10.3. The molecule has 0 heterocycles. The van der Waals surface area contributed by atoms with Crippen LogP contribution in [0.2, 0.25) is 0 Å². The third-order valence-corrected chi connectivity index (χ3v) is 10.3. The number of rotatable bonds is 44. The number of unbranched alkanes of at least 4 members (excludes halogenated alkanes) is 21. The number of carbonyl (C=O) groups excluding carboxylic acids is 2. The van der Waals surface area contributed by atoms with Crippen LogP contribution < -0.4 is 0 Å². The molecule has 58 heavy (non-hydrogen) atoms. The maximum Gasteiger partial charge on any atom is 0.306 e. The van der Waals surface area contributed by atoms with Crippen molar-refractivity contribution in [2.24, 2.45) is 0 Å². The zero-order valence-electron chi connectivity index (χ0n) is 38.3. The molecular formula is C53H92O5. The van der Waals surface area contributed by atoms with Gasteiger partial charge in [-0.1, -0.05) is 229 Å². The van der Waals surface area contributed by atoms with Gasteiger partial charge in [-0.2, -0.15) is 0 Å². The van der Waals surface area contributed by atoms with Crippen molar-refractivity contribution in [1.29, 1.82) is 0 Å². The highest BCUT2D eigenvalue weighted by Gasteiger charge is 2.17. The zero-order chi connectivity index (χ0) is 42.1. The van der Waals surface area contributed by atoms with Gasteiger partial charge in [-0.25, -0.2) is 0 Å². The Balaban J connectivity index is 4.24. The van der Waals surface area contributed by atoms with Gasteiger partial charge in [0.2, 0.25) is 0 Å². The first-order valence-electron chi connectivity index (χ1n) is 24.5. The molecule has 0 amide bonds. The van der Waals surface area contributed by atoms with E-state index in [1.807, 2.05) is 6.08 Å². The predicted octanol–water partition coefficient (Wildman–Crippen LogP) is 16.3. The summed E-state index contributed by atoms with van der Waals surface area (Å²) in [4.78, 5) is 25.2. The molecule has 334 valence electrons. The lowest BCUT2D eigenvalue weighted by Crippen LogP contribution is -2.30. The first kappa shape index (κ1) is 55.3. The molecule has 0 aromatic heterocycles. The third kappa shape index (κ3) is 46.0. The highest BCUT2D eigenvalue weighted by molar-refractivity contribution is 5.70. The molecule has 0 bridgehead atoms. The van der Waals surface area contributed by atoms with Crippen molar-refractivity contribution >= 4 is 11.9 Å². The van der Waals surface area contributed by atoms with Crippen LogP contribution in [0.15, 0.2) is 72.9 Å². The molecule has 0 saturated heterocycles. The van der Waals surface area contributed by atoms with Crippen LogP contribution in [0, 0.1) is 0 Å². The molecule has 0 N–H and O–H groups in total. The van der Waals surface area contributed by atoms with Gasteiger partial charge in [0.15, 0.2) is 6.10 Å². The van der Waals surface area contributed by atoms with Gasteiger partial charge in [-0.3, -0.25) is 9.59 Å². The highest BCUT2D eigenvalue weighted by atomic mass is 16.6. The van der Waals surface area contributed by atoms with Gasteiger partial charge < -0.3 is 14.2 Å². The molecule has 0 fully saturated rings. The van der Waals surface area contributed by atoms with E-state index in [4.69, 9.17) is 14.2 Å². The minimum atomic E-state index is -0.562. The molecule has 5 heteroatoms. The molecule has 0 aromatic rings. The van der Waals surface area contributed by atoms with Crippen molar-refractivity contribution < 1.29 is 23.8 Å². The zero-order valence-corrected chi connectivity index (χ0v) is 38.3. The van der Waals surface area contributed by atoms with Crippen molar-refractivity contribution in [3.63, 3.8) is 0 Å². The number of ether oxygens (including phenoxy) is 3. The van der Waals surface area contributed by atoms with Crippen molar-refractivity contribution in [3.05, 3.63) is 72.9 Å². The van der Waals surface area contributed by atoms with Gasteiger partial charge in [0.05, 0.1) is 6.61 Å². The first-order valence-corrected chi connectivity index (χ1v) is 24.5. The second-order valence-electron chi connectivity index (χ2n) is 16.0. The second-order valence-corrected chi connectivity index (χ2v) is 16.0. The molecule has 0 aliphatic rings. The van der Waals surface area contributed by atoms with Crippen LogP contribution in [0.25, 0.3) is 0 Å². The Bertz CT molecular complexity index is 1050. The lowest BCUT2D eigenvalue weighted by atomic mass is 10.0. The summed E-state index contributed by atoms with van der Waals surface area (Å²) in [5, 5.41) is 0. The second kappa shape index (κ2) is 48.7. The summed E-state index contributed by atoms with van der Waals surface area (Å²) in [7, 11) is 0. The summed E-state index contributed by atoms with van der Waals surface area (Å²) < 4.78 is 17.2. The number of carbonyl (C=O) groups is 2. The van der Waals surface area contributed by atoms with E-state index >= 15 is 0 Å². The molecule has 1 unspecified atom stereocenters. The molecule has 0 rings (SSSR count). The summed E-state index contributed by atoms with van der Waals surface area (Å²) in [6.45, 7) is 7.61. The monoisotopic (exact) mass is 809 g/mol. The highest BCUT2D eigenvalue weighted by Crippen LogP contribution is 2.14. The van der Waals surface area contributed by atoms with E-state index in [1.165, 1.54) is 116 Å². The SMILES string of the molecule is CC/C=C\C/C=C\C/C=C\C/C=C\C/C=C\C/C=C\CCC(=O)OCC(COCCCCCCCCCCCCCCCCCC)OC(=O)CCCCCCCCC. The summed E-state index contributed by atoms with van der Waals surface area (Å²) in [5.74, 6) is -0.496. The lowest BCUT2D eigenvalue weighted by molar-refractivity contribution is -0.162. The molecule has 0 radical (unpaired) electrons. The molecule has 0 saturated carbocycles. The summed E-state index contributed by atoms with van der Waals surface area (Å²) in [5.41, 5.74) is 0. The lowest BCUT2D eigenvalue weighted by Gasteiger charge is -2.18. The molecule has 0 aliphatic heterocycles. The van der Waals surface area contributed by atoms with E-state index in [-0.39, 0.29) is 25.2 Å². The van der Waals surface area contributed by atoms with Crippen LogP contribution in [0.3, 0.4) is 0 Å². The number of hydrogen-bond donors (Lipinski definition) is 0. The minimum absolute atomic E-state index is 0.0459. The average Bonchev–Trinajstić information content (AvgIpc) is 3.22. The largest absolute Gasteiger partial charge is 0.462 e. The Morgan fingerprint density at radius 2 is 0.776 bits per heavy atom. The van der Waals surface area contributed by atoms with Gasteiger partial charge in [0.1, 0.15) is 6.61 Å². The number of esters is 2. The van der Waals surface area contributed by atoms with Gasteiger partial charge in [0, 0.05) is 19.4 Å². The minimum Gasteiger partial charge on any atom is -0.462 e. The van der Waals surface area contributed by atoms with Crippen LogP contribution in [0.5, 0.6) is 0 Å². The van der Waals surface area contributed by atoms with E-state index in [2.05, 4.69) is 87.6 Å². The van der Waals surface area contributed by atoms with E-state index in [0.29, 0.717) is 25.9 Å². The normalized spacial score (nSPS) is 12.8. The fourth-order valence-electron chi connectivity index (χ4n) is 6.65. The Kier molecular flexibility index (Phi) is 46.5. The predicted molar refractivity (Wildman–Crippen MR) is 251 cm³/mol. The summed E-state index contributed by atoms with van der Waals surface area (Å²) in [6.07, 6.45) is 62.2. The Hall–Kier alpha value is -2.66. The van der Waals surface area contributed by atoms with Crippen LogP contribution in [0.1, 0.15) is 226 Å². The molecule has 0 spiro atoms. The first-order chi connectivity index (χ1) is 28.6. The van der Waals surface area contributed by atoms with Crippen molar-refractivity contribution in [3.8, 4) is 0 Å². The fourth-order valence-corrected chi connectivity index (χ4v) is 6.65. The molecule has 5 nitrogen and oxygen atoms in total. The van der Waals surface area contributed by atoms with Crippen molar-refractivity contribution in [2.75, 3.05) is 19.8 Å². The van der Waals surface area contributed by atoms with E-state index in [0.717, 1.165) is 70.6 Å². The maximum absolute atomic E-state index is 12.6. The Labute approximate surface area is 359 Å². The van der Waals surface area contributed by atoms with Crippen LogP contribution in [0.4, 0.5) is 0 Å². The molecule has 0 aliphatic carbocycles. The molecule has 1 atom stereocenters. The van der Waals surface area contributed by atoms with Gasteiger partial charge in [-0.05, 0) is 57.8 Å². The van der Waals surface area contributed by atoms with Crippen LogP contribution in [-0.2, 0) is 23.8 Å². The van der Waals surface area contributed by atoms with E-state index in [9.17, 15) is 9.59 Å². The standard InChI is InChI=1S/C53H92O5/c1-4-7-10-13-16-18-20-22-24-26-27-28-29-31-33-35-38-40-43-46-52(54)57-50-51(58-53(55)47-44-41-37-15-12-9-6-3)49-56-48-45-42-39-36-34-32-30-25-23-21-19-17-14-11-8-5-2/h7,10,16,18,22,24,27-28,31,33,38,40,51H,4-6,8-9,11-15,17,19-21,23,25-26,29-30,32,34-37,39,41-50H2,1-3H3/b10-7-,18-16-,24-22-,28-27-,33-31-,40-38-. The van der Waals surface area contributed by atoms with Crippen molar-refractivity contribution in [2.45, 2.75) is 232 Å². The number of hydrogen-bond acceptors (Lipinski definition) is 5. The topological polar surface area (TPSA) is 61.8 Å². The Morgan fingerprint density at radius 1 is 0.397 bits per heavy atom. The van der Waals surface area contributed by atoms with Gasteiger partial charge >= 0.3 is 11.9 Å². The average molecular weight is 809 g/mol. The fraction of sp³-hybridized carbons (Fsp3) is 0.736. The van der Waals surface area contributed by atoms with E-state index < -0.39 is 6.10 Å². The van der Waals surface area contributed by atoms with E-state index in [1.54, 1.807) is 0 Å². The van der Waals surface area contributed by atoms with Crippen LogP contribution >= 0.6 is 0 Å². The smallest absolute Gasteiger partial charge is 0.306 e. The molecule has 0 aromatic carbocycles. The quantitative estimate of drug-likeness (QED) is 0.0348. The maximum atomic E-state index is 12.6. The molecular weight excluding hydrogens is 717 g/mol. The van der Waals surface area contributed by atoms with Gasteiger partial charge in [-0.15, -0.1) is 0 Å². The summed E-state index contributed by atoms with van der Waals surface area (Å²) >= 11 is 0. The van der Waals surface area contributed by atoms with Crippen molar-refractivity contribution in [1.82, 2.24) is 0 Å². The van der Waals surface area contributed by atoms with Crippen LogP contribution in [-0.4, -0.2) is 37.9 Å². The van der Waals surface area contributed by atoms with Gasteiger partial charge in [0.25, 0.3) is 0 Å². The summed E-state index contributed by atoms with van der Waals surface area (Å²) in [6, 6.07) is 0.